The molecule has 0 aromatic heterocycles. The van der Waals surface area contributed by atoms with Crippen LogP contribution in [-0.2, 0) is 14.4 Å². The van der Waals surface area contributed by atoms with E-state index in [-0.39, 0.29) is 11.5 Å². The molecule has 8 nitrogen and oxygen atoms in total. The number of allylic oxidation sites excluding steroid dienone is 1. The fourth-order valence-electron chi connectivity index (χ4n) is 2.76. The number of carbonyl (C=O) groups is 2. The summed E-state index contributed by atoms with van der Waals surface area (Å²) >= 11 is 0. The number of ether oxygens (including phenoxy) is 3. The quantitative estimate of drug-likeness (QED) is 0.723. The predicted molar refractivity (Wildman–Crippen MR) is 95.0 cm³/mol. The smallest absolute Gasteiger partial charge is 0.330 e. The summed E-state index contributed by atoms with van der Waals surface area (Å²) in [5.41, 5.74) is 1.48. The zero-order valence-corrected chi connectivity index (χ0v) is 15.7. The lowest BCUT2D eigenvalue weighted by Crippen LogP contribution is -2.32. The Labute approximate surface area is 152 Å². The van der Waals surface area contributed by atoms with E-state index in [1.807, 2.05) is 6.92 Å². The minimum Gasteiger partial charge on any atom is -0.493 e. The van der Waals surface area contributed by atoms with E-state index in [1.54, 1.807) is 19.1 Å². The molecular formula is C18H22N2O6. The summed E-state index contributed by atoms with van der Waals surface area (Å²) in [5, 5.41) is 0.889. The molecule has 0 spiro atoms. The average molecular weight is 362 g/mol. The van der Waals surface area contributed by atoms with Crippen LogP contribution in [0.15, 0.2) is 22.8 Å². The van der Waals surface area contributed by atoms with Crippen molar-refractivity contribution in [2.75, 3.05) is 21.3 Å². The van der Waals surface area contributed by atoms with Crippen molar-refractivity contribution < 1.29 is 28.6 Å². The summed E-state index contributed by atoms with van der Waals surface area (Å²) in [6.07, 6.45) is 0.498. The van der Waals surface area contributed by atoms with Gasteiger partial charge >= 0.3 is 11.9 Å². The summed E-state index contributed by atoms with van der Waals surface area (Å²) in [6, 6.07) is 3.51. The van der Waals surface area contributed by atoms with Crippen LogP contribution in [0.25, 0.3) is 5.57 Å². The highest BCUT2D eigenvalue weighted by Crippen LogP contribution is 2.44. The monoisotopic (exact) mass is 362 g/mol. The van der Waals surface area contributed by atoms with E-state index in [4.69, 9.17) is 19.0 Å². The Kier molecular flexibility index (Phi) is 5.86. The summed E-state index contributed by atoms with van der Waals surface area (Å²) in [4.78, 5) is 33.1. The van der Waals surface area contributed by atoms with Gasteiger partial charge in [0.25, 0.3) is 0 Å². The number of amides is 1. The first kappa shape index (κ1) is 19.3. The second-order valence-electron chi connectivity index (χ2n) is 5.40. The largest absolute Gasteiger partial charge is 0.493 e. The molecule has 140 valence electrons. The van der Waals surface area contributed by atoms with Gasteiger partial charge in [0.1, 0.15) is 11.5 Å². The maximum Gasteiger partial charge on any atom is 0.330 e. The van der Waals surface area contributed by atoms with Crippen LogP contribution in [-0.4, -0.2) is 44.1 Å². The van der Waals surface area contributed by atoms with Gasteiger partial charge in [0.2, 0.25) is 5.75 Å². The third-order valence-corrected chi connectivity index (χ3v) is 3.84. The van der Waals surface area contributed by atoms with Gasteiger partial charge in [-0.3, -0.25) is 4.79 Å². The van der Waals surface area contributed by atoms with Gasteiger partial charge in [-0.25, -0.2) is 9.79 Å². The van der Waals surface area contributed by atoms with Gasteiger partial charge in [-0.15, -0.1) is 5.06 Å². The molecule has 0 N–H and O–H groups in total. The number of aliphatic imine (C=N–C) groups is 1. The number of hydroxylamine groups is 2. The topological polar surface area (TPSA) is 86.7 Å². The molecular weight excluding hydrogens is 340 g/mol. The molecule has 0 fully saturated rings. The van der Waals surface area contributed by atoms with Gasteiger partial charge in [-0.05, 0) is 31.1 Å². The van der Waals surface area contributed by atoms with E-state index in [2.05, 4.69) is 4.99 Å². The number of hydrogen-bond donors (Lipinski definition) is 0. The second-order valence-corrected chi connectivity index (χ2v) is 5.40. The van der Waals surface area contributed by atoms with E-state index in [9.17, 15) is 9.59 Å². The van der Waals surface area contributed by atoms with E-state index >= 15 is 0 Å². The fourth-order valence-corrected chi connectivity index (χ4v) is 2.76. The first-order valence-electron chi connectivity index (χ1n) is 8.00. The Bertz CT molecular complexity index is 797. The van der Waals surface area contributed by atoms with Gasteiger partial charge in [0.15, 0.2) is 11.5 Å². The first-order valence-corrected chi connectivity index (χ1v) is 8.00. The molecule has 26 heavy (non-hydrogen) atoms. The number of benzene rings is 1. The van der Waals surface area contributed by atoms with Gasteiger partial charge < -0.3 is 19.0 Å². The van der Waals surface area contributed by atoms with E-state index in [0.717, 1.165) is 5.06 Å². The lowest BCUT2D eigenvalue weighted by molar-refractivity contribution is -0.177. The van der Waals surface area contributed by atoms with Crippen LogP contribution in [0.5, 0.6) is 17.2 Å². The van der Waals surface area contributed by atoms with Gasteiger partial charge in [0.05, 0.1) is 21.3 Å². The summed E-state index contributed by atoms with van der Waals surface area (Å²) in [6.45, 7) is 4.71. The minimum absolute atomic E-state index is 0.191. The van der Waals surface area contributed by atoms with Crippen molar-refractivity contribution in [1.29, 1.82) is 0 Å². The molecule has 1 aromatic rings. The average Bonchev–Trinajstić information content (AvgIpc) is 2.89. The van der Waals surface area contributed by atoms with E-state index < -0.39 is 11.9 Å². The third kappa shape index (κ3) is 3.35. The number of carbonyl (C=O) groups excluding carboxylic acids is 2. The molecule has 8 heteroatoms. The van der Waals surface area contributed by atoms with E-state index in [1.165, 1.54) is 28.3 Å². The lowest BCUT2D eigenvalue weighted by Gasteiger charge is -2.18. The number of methoxy groups -OCH3 is 3. The lowest BCUT2D eigenvalue weighted by atomic mass is 9.99. The van der Waals surface area contributed by atoms with Crippen molar-refractivity contribution in [3.63, 3.8) is 0 Å². The summed E-state index contributed by atoms with van der Waals surface area (Å²) in [7, 11) is 4.55. The minimum atomic E-state index is -0.601. The van der Waals surface area contributed by atoms with Crippen LogP contribution >= 0.6 is 0 Å². The molecule has 0 bridgehead atoms. The van der Waals surface area contributed by atoms with Crippen molar-refractivity contribution in [3.8, 4) is 17.2 Å². The molecule has 1 aromatic carbocycles. The molecule has 0 atom stereocenters. The Morgan fingerprint density at radius 1 is 1.12 bits per heavy atom. The van der Waals surface area contributed by atoms with Gasteiger partial charge in [-0.2, -0.15) is 0 Å². The maximum absolute atomic E-state index is 12.7. The Morgan fingerprint density at radius 3 is 2.27 bits per heavy atom. The molecule has 0 saturated heterocycles. The van der Waals surface area contributed by atoms with Crippen LogP contribution in [0.4, 0.5) is 0 Å². The van der Waals surface area contributed by atoms with E-state index in [0.29, 0.717) is 34.8 Å². The zero-order chi connectivity index (χ0) is 19.4. The molecule has 1 amide bonds. The molecule has 0 radical (unpaired) electrons. The van der Waals surface area contributed by atoms with Crippen molar-refractivity contribution in [1.82, 2.24) is 5.06 Å². The molecule has 0 saturated carbocycles. The Hall–Kier alpha value is -3.03. The normalized spacial score (nSPS) is 15.5. The molecule has 1 aliphatic rings. The second kappa shape index (κ2) is 7.90. The van der Waals surface area contributed by atoms with Gasteiger partial charge in [0, 0.05) is 12.5 Å². The molecule has 0 unspecified atom stereocenters. The summed E-state index contributed by atoms with van der Waals surface area (Å²) < 4.78 is 16.2. The highest BCUT2D eigenvalue weighted by molar-refractivity contribution is 6.15. The maximum atomic E-state index is 12.7. The van der Waals surface area contributed by atoms with Crippen LogP contribution in [0, 0.1) is 0 Å². The predicted octanol–water partition coefficient (Wildman–Crippen LogP) is 2.57. The number of hydrogen-bond acceptors (Lipinski definition) is 7. The number of amidine groups is 1. The van der Waals surface area contributed by atoms with Crippen molar-refractivity contribution in [2.45, 2.75) is 27.2 Å². The molecule has 1 aliphatic heterocycles. The van der Waals surface area contributed by atoms with Crippen LogP contribution in [0.1, 0.15) is 32.8 Å². The highest BCUT2D eigenvalue weighted by atomic mass is 16.7. The fraction of sp³-hybridized carbons (Fsp3) is 0.389. The third-order valence-electron chi connectivity index (χ3n) is 3.84. The standard InChI is InChI=1S/C18H22N2O6/c1-7-12(15-18(22)20(10(2)19-15)26-11(3)21)13-8-9-14(23-4)17(25-6)16(13)24-5/h8-9H,7H2,1-6H3/b15-12-. The summed E-state index contributed by atoms with van der Waals surface area (Å²) in [5.74, 6) is 0.533. The van der Waals surface area contributed by atoms with Crippen LogP contribution < -0.4 is 14.2 Å². The van der Waals surface area contributed by atoms with Crippen molar-refractivity contribution in [3.05, 3.63) is 23.4 Å². The highest BCUT2D eigenvalue weighted by Gasteiger charge is 2.34. The Morgan fingerprint density at radius 2 is 1.77 bits per heavy atom. The first-order chi connectivity index (χ1) is 12.4. The molecule has 2 rings (SSSR count). The van der Waals surface area contributed by atoms with Gasteiger partial charge in [-0.1, -0.05) is 6.92 Å². The van der Waals surface area contributed by atoms with Crippen molar-refractivity contribution >= 4 is 23.3 Å². The van der Waals surface area contributed by atoms with Crippen LogP contribution in [0.2, 0.25) is 0 Å². The van der Waals surface area contributed by atoms with Crippen LogP contribution in [0.3, 0.4) is 0 Å². The zero-order valence-electron chi connectivity index (χ0n) is 15.7. The molecule has 0 aliphatic carbocycles. The number of rotatable bonds is 6. The number of nitrogens with zero attached hydrogens (tertiary/aromatic N) is 2. The SMILES string of the molecule is CC/C(=C1/N=C(C)N(OC(C)=O)C1=O)c1ccc(OC)c(OC)c1OC. The Balaban J connectivity index is 2.64. The molecule has 1 heterocycles. The van der Waals surface area contributed by atoms with Crippen molar-refractivity contribution in [2.24, 2.45) is 4.99 Å².